The third-order valence-corrected chi connectivity index (χ3v) is 5.99. The van der Waals surface area contributed by atoms with Crippen LogP contribution in [0, 0.1) is 35.0 Å². The lowest BCUT2D eigenvalue weighted by molar-refractivity contribution is 0.213. The Morgan fingerprint density at radius 3 is 1.50 bits per heavy atom. The topological polar surface area (TPSA) is 23.8 Å². The van der Waals surface area contributed by atoms with Gasteiger partial charge in [-0.2, -0.15) is 5.26 Å². The van der Waals surface area contributed by atoms with E-state index in [1.807, 2.05) is 0 Å². The summed E-state index contributed by atoms with van der Waals surface area (Å²) >= 11 is 0. The molecule has 2 rings (SSSR count). The van der Waals surface area contributed by atoms with E-state index in [-0.39, 0.29) is 0 Å². The molecular formula is C19H33N. The fourth-order valence-corrected chi connectivity index (χ4v) is 4.54. The molecule has 0 spiro atoms. The zero-order chi connectivity index (χ0) is 14.2. The number of hydrogen-bond acceptors (Lipinski definition) is 1. The first-order chi connectivity index (χ1) is 9.81. The molecule has 0 aromatic rings. The van der Waals surface area contributed by atoms with Crippen molar-refractivity contribution in [3.8, 4) is 6.07 Å². The molecule has 0 unspecified atom stereocenters. The number of rotatable bonds is 6. The largest absolute Gasteiger partial charge is 0.198 e. The Bertz CT molecular complexity index is 287. The van der Waals surface area contributed by atoms with E-state index >= 15 is 0 Å². The molecule has 1 heteroatoms. The third kappa shape index (κ3) is 5.12. The van der Waals surface area contributed by atoms with Crippen LogP contribution < -0.4 is 0 Å². The molecular weight excluding hydrogens is 242 g/mol. The van der Waals surface area contributed by atoms with Crippen LogP contribution in [-0.2, 0) is 0 Å². The standard InChI is InChI=1S/C19H33N/c1-2-3-16-4-6-17(7-5-16)8-9-18-10-12-19(13-11-18)14-15-20/h16-19H,2-14H2,1H3. The monoisotopic (exact) mass is 275 g/mol. The van der Waals surface area contributed by atoms with Gasteiger partial charge in [0.15, 0.2) is 0 Å². The summed E-state index contributed by atoms with van der Waals surface area (Å²) in [6, 6.07) is 2.35. The summed E-state index contributed by atoms with van der Waals surface area (Å²) in [6.45, 7) is 2.33. The highest BCUT2D eigenvalue weighted by atomic mass is 14.3. The highest BCUT2D eigenvalue weighted by Crippen LogP contribution is 2.37. The van der Waals surface area contributed by atoms with Crippen molar-refractivity contribution in [2.24, 2.45) is 23.7 Å². The second-order valence-corrected chi connectivity index (χ2v) is 7.50. The third-order valence-electron chi connectivity index (χ3n) is 5.99. The Labute approximate surface area is 126 Å². The van der Waals surface area contributed by atoms with Gasteiger partial charge in [0.2, 0.25) is 0 Å². The molecule has 0 aliphatic heterocycles. The van der Waals surface area contributed by atoms with Crippen molar-refractivity contribution in [1.29, 1.82) is 5.26 Å². The summed E-state index contributed by atoms with van der Waals surface area (Å²) in [5.74, 6) is 3.80. The summed E-state index contributed by atoms with van der Waals surface area (Å²) in [4.78, 5) is 0. The van der Waals surface area contributed by atoms with Crippen molar-refractivity contribution in [3.05, 3.63) is 0 Å². The van der Waals surface area contributed by atoms with Crippen LogP contribution in [0.4, 0.5) is 0 Å². The Hall–Kier alpha value is -0.510. The Morgan fingerprint density at radius 2 is 1.10 bits per heavy atom. The molecule has 0 N–H and O–H groups in total. The van der Waals surface area contributed by atoms with Gasteiger partial charge in [-0.05, 0) is 36.5 Å². The minimum Gasteiger partial charge on any atom is -0.198 e. The first-order valence-corrected chi connectivity index (χ1v) is 9.18. The lowest BCUT2D eigenvalue weighted by Crippen LogP contribution is -2.18. The Kier molecular flexibility index (Phi) is 6.91. The van der Waals surface area contributed by atoms with Gasteiger partial charge in [-0.3, -0.25) is 0 Å². The Balaban J connectivity index is 1.57. The van der Waals surface area contributed by atoms with Crippen LogP contribution in [0.1, 0.15) is 90.4 Å². The van der Waals surface area contributed by atoms with E-state index in [1.165, 1.54) is 77.0 Å². The lowest BCUT2D eigenvalue weighted by Gasteiger charge is -2.31. The SMILES string of the molecule is CCCC1CCC(CCC2CCC(CC#N)CC2)CC1. The van der Waals surface area contributed by atoms with Gasteiger partial charge in [0, 0.05) is 6.42 Å². The fraction of sp³-hybridized carbons (Fsp3) is 0.947. The summed E-state index contributed by atoms with van der Waals surface area (Å²) in [7, 11) is 0. The van der Waals surface area contributed by atoms with Crippen LogP contribution in [0.3, 0.4) is 0 Å². The van der Waals surface area contributed by atoms with Gasteiger partial charge in [-0.15, -0.1) is 0 Å². The van der Waals surface area contributed by atoms with Gasteiger partial charge in [0.05, 0.1) is 6.07 Å². The molecule has 2 fully saturated rings. The van der Waals surface area contributed by atoms with Crippen molar-refractivity contribution < 1.29 is 0 Å². The van der Waals surface area contributed by atoms with Crippen molar-refractivity contribution in [2.75, 3.05) is 0 Å². The minimum atomic E-state index is 0.723. The second kappa shape index (κ2) is 8.71. The first-order valence-electron chi connectivity index (χ1n) is 9.18. The summed E-state index contributed by atoms with van der Waals surface area (Å²) in [5.41, 5.74) is 0. The summed E-state index contributed by atoms with van der Waals surface area (Å²) in [5, 5.41) is 8.77. The van der Waals surface area contributed by atoms with E-state index in [4.69, 9.17) is 5.26 Å². The number of hydrogen-bond donors (Lipinski definition) is 0. The maximum absolute atomic E-state index is 8.77. The number of nitriles is 1. The molecule has 0 amide bonds. The second-order valence-electron chi connectivity index (χ2n) is 7.50. The van der Waals surface area contributed by atoms with E-state index in [0.717, 1.165) is 30.1 Å². The molecule has 0 aromatic carbocycles. The Morgan fingerprint density at radius 1 is 0.700 bits per heavy atom. The molecule has 1 nitrogen and oxygen atoms in total. The van der Waals surface area contributed by atoms with Gasteiger partial charge < -0.3 is 0 Å². The van der Waals surface area contributed by atoms with Gasteiger partial charge in [-0.25, -0.2) is 0 Å². The van der Waals surface area contributed by atoms with Crippen LogP contribution in [0.25, 0.3) is 0 Å². The van der Waals surface area contributed by atoms with Gasteiger partial charge in [-0.1, -0.05) is 71.1 Å². The lowest BCUT2D eigenvalue weighted by atomic mass is 9.74. The van der Waals surface area contributed by atoms with Crippen LogP contribution in [0.5, 0.6) is 0 Å². The fourth-order valence-electron chi connectivity index (χ4n) is 4.54. The smallest absolute Gasteiger partial charge is 0.0624 e. The molecule has 0 saturated heterocycles. The molecule has 0 aromatic heterocycles. The number of nitrogens with zero attached hydrogens (tertiary/aromatic N) is 1. The quantitative estimate of drug-likeness (QED) is 0.575. The molecule has 0 heterocycles. The predicted octanol–water partition coefficient (Wildman–Crippen LogP) is 6.09. The molecule has 0 bridgehead atoms. The van der Waals surface area contributed by atoms with Gasteiger partial charge >= 0.3 is 0 Å². The maximum atomic E-state index is 8.77. The highest BCUT2D eigenvalue weighted by molar-refractivity contribution is 4.81. The van der Waals surface area contributed by atoms with E-state index in [9.17, 15) is 0 Å². The van der Waals surface area contributed by atoms with Crippen molar-refractivity contribution in [1.82, 2.24) is 0 Å². The summed E-state index contributed by atoms with van der Waals surface area (Å²) < 4.78 is 0. The average Bonchev–Trinajstić information content (AvgIpc) is 2.49. The molecule has 114 valence electrons. The van der Waals surface area contributed by atoms with Crippen LogP contribution >= 0.6 is 0 Å². The molecule has 20 heavy (non-hydrogen) atoms. The summed E-state index contributed by atoms with van der Waals surface area (Å²) in [6.07, 6.45) is 18.1. The van der Waals surface area contributed by atoms with Crippen LogP contribution in [0.2, 0.25) is 0 Å². The molecule has 2 aliphatic rings. The van der Waals surface area contributed by atoms with Crippen LogP contribution in [0.15, 0.2) is 0 Å². The predicted molar refractivity (Wildman–Crippen MR) is 85.3 cm³/mol. The molecule has 0 atom stereocenters. The first kappa shape index (κ1) is 15.9. The van der Waals surface area contributed by atoms with Crippen molar-refractivity contribution in [2.45, 2.75) is 90.4 Å². The van der Waals surface area contributed by atoms with Gasteiger partial charge in [0.1, 0.15) is 0 Å². The zero-order valence-corrected chi connectivity index (χ0v) is 13.4. The minimum absolute atomic E-state index is 0.723. The molecule has 2 saturated carbocycles. The molecule has 2 aliphatic carbocycles. The van der Waals surface area contributed by atoms with Crippen LogP contribution in [-0.4, -0.2) is 0 Å². The van der Waals surface area contributed by atoms with E-state index < -0.39 is 0 Å². The van der Waals surface area contributed by atoms with Gasteiger partial charge in [0.25, 0.3) is 0 Å². The zero-order valence-electron chi connectivity index (χ0n) is 13.4. The van der Waals surface area contributed by atoms with E-state index in [0.29, 0.717) is 0 Å². The normalized spacial score (nSPS) is 34.6. The maximum Gasteiger partial charge on any atom is 0.0624 e. The molecule has 0 radical (unpaired) electrons. The van der Waals surface area contributed by atoms with E-state index in [2.05, 4.69) is 13.0 Å². The average molecular weight is 275 g/mol. The van der Waals surface area contributed by atoms with Crippen molar-refractivity contribution in [3.63, 3.8) is 0 Å². The van der Waals surface area contributed by atoms with Crippen molar-refractivity contribution >= 4 is 0 Å². The highest BCUT2D eigenvalue weighted by Gasteiger charge is 2.24. The van der Waals surface area contributed by atoms with E-state index in [1.54, 1.807) is 0 Å².